The molecule has 1 aliphatic rings. The molecule has 0 amide bonds. The molecule has 11 heavy (non-hydrogen) atoms. The zero-order valence-corrected chi connectivity index (χ0v) is 10.8. The first-order valence-electron chi connectivity index (χ1n) is 4.39. The monoisotopic (exact) mass is 162 g/mol. The minimum atomic E-state index is 0. The van der Waals surface area contributed by atoms with Crippen molar-refractivity contribution in [1.82, 2.24) is 0 Å². The molecule has 0 radical (unpaired) electrons. The predicted molar refractivity (Wildman–Crippen MR) is 45.6 cm³/mol. The maximum Gasteiger partial charge on any atom is 1.00 e. The molecule has 60 valence electrons. The van der Waals surface area contributed by atoms with E-state index in [1.54, 1.807) is 5.92 Å². The van der Waals surface area contributed by atoms with Crippen LogP contribution < -0.4 is 29.6 Å². The summed E-state index contributed by atoms with van der Waals surface area (Å²) in [5.41, 5.74) is 0. The number of hydrogen-bond donors (Lipinski definition) is 0. The van der Waals surface area contributed by atoms with Crippen molar-refractivity contribution in [3.05, 3.63) is 5.92 Å². The van der Waals surface area contributed by atoms with Crippen LogP contribution in [0.4, 0.5) is 0 Å². The van der Waals surface area contributed by atoms with Crippen LogP contribution in [-0.4, -0.2) is 0 Å². The minimum Gasteiger partial charge on any atom is -0.311 e. The smallest absolute Gasteiger partial charge is 0.311 e. The average molecular weight is 162 g/mol. The van der Waals surface area contributed by atoms with E-state index in [1.807, 2.05) is 0 Å². The van der Waals surface area contributed by atoms with Crippen molar-refractivity contribution in [2.45, 2.75) is 34.6 Å². The Hall–Kier alpha value is 1.00. The van der Waals surface area contributed by atoms with Gasteiger partial charge in [-0.2, -0.15) is 18.8 Å². The van der Waals surface area contributed by atoms with Crippen molar-refractivity contribution in [2.24, 2.45) is 23.7 Å². The molecule has 1 heteroatoms. The molecule has 1 saturated carbocycles. The Labute approximate surface area is 93.4 Å². The van der Waals surface area contributed by atoms with Gasteiger partial charge in [0.1, 0.15) is 0 Å². The maximum atomic E-state index is 2.38. The van der Waals surface area contributed by atoms with Crippen molar-refractivity contribution < 1.29 is 29.6 Å². The summed E-state index contributed by atoms with van der Waals surface area (Å²) in [4.78, 5) is 0. The summed E-state index contributed by atoms with van der Waals surface area (Å²) in [6, 6.07) is 0. The first-order valence-corrected chi connectivity index (χ1v) is 4.39. The maximum absolute atomic E-state index is 2.38. The van der Waals surface area contributed by atoms with Crippen LogP contribution in [0.15, 0.2) is 0 Å². The molecule has 1 aliphatic carbocycles. The van der Waals surface area contributed by atoms with Gasteiger partial charge in [0.15, 0.2) is 0 Å². The quantitative estimate of drug-likeness (QED) is 0.351. The molecule has 0 aromatic carbocycles. The Balaban J connectivity index is 0.000001000. The normalized spacial score (nSPS) is 45.5. The molecule has 4 unspecified atom stereocenters. The summed E-state index contributed by atoms with van der Waals surface area (Å²) in [5, 5.41) is 0. The third kappa shape index (κ3) is 2.02. The van der Waals surface area contributed by atoms with E-state index < -0.39 is 0 Å². The molecule has 0 aromatic heterocycles. The van der Waals surface area contributed by atoms with Crippen LogP contribution in [0.5, 0.6) is 0 Å². The third-order valence-electron chi connectivity index (χ3n) is 3.84. The van der Waals surface area contributed by atoms with E-state index in [2.05, 4.69) is 34.6 Å². The first-order chi connectivity index (χ1) is 4.55. The molecule has 0 aliphatic heterocycles. The molecule has 0 N–H and O–H groups in total. The van der Waals surface area contributed by atoms with Crippen LogP contribution in [0.3, 0.4) is 0 Å². The Bertz CT molecular complexity index is 77.2. The molecule has 1 fully saturated rings. The summed E-state index contributed by atoms with van der Waals surface area (Å²) in [6.45, 7) is 11.8. The summed E-state index contributed by atoms with van der Waals surface area (Å²) in [5.74, 6) is 5.21. The van der Waals surface area contributed by atoms with Gasteiger partial charge in [-0.05, 0) is 0 Å². The Kier molecular flexibility index (Phi) is 4.69. The van der Waals surface area contributed by atoms with Gasteiger partial charge >= 0.3 is 29.6 Å². The molecule has 0 spiro atoms. The van der Waals surface area contributed by atoms with E-state index in [0.29, 0.717) is 0 Å². The van der Waals surface area contributed by atoms with Gasteiger partial charge < -0.3 is 5.92 Å². The SMILES string of the molecule is C[C-]1C(C)C(C)C(C)C1C.[Na+]. The molecule has 4 atom stereocenters. The summed E-state index contributed by atoms with van der Waals surface area (Å²) < 4.78 is 0. The predicted octanol–water partition coefficient (Wildman–Crippen LogP) is 0.143. The fraction of sp³-hybridized carbons (Fsp3) is 0.900. The zero-order valence-electron chi connectivity index (χ0n) is 8.81. The molecule has 1 rings (SSSR count). The van der Waals surface area contributed by atoms with Crippen LogP contribution >= 0.6 is 0 Å². The van der Waals surface area contributed by atoms with Crippen molar-refractivity contribution >= 4 is 0 Å². The largest absolute Gasteiger partial charge is 1.00 e. The summed E-state index contributed by atoms with van der Waals surface area (Å²) in [7, 11) is 0. The van der Waals surface area contributed by atoms with E-state index in [9.17, 15) is 0 Å². The van der Waals surface area contributed by atoms with Crippen molar-refractivity contribution in [3.63, 3.8) is 0 Å². The van der Waals surface area contributed by atoms with E-state index in [1.165, 1.54) is 0 Å². The second-order valence-corrected chi connectivity index (χ2v) is 4.04. The molecular weight excluding hydrogens is 143 g/mol. The third-order valence-corrected chi connectivity index (χ3v) is 3.84. The van der Waals surface area contributed by atoms with Crippen molar-refractivity contribution in [3.8, 4) is 0 Å². The Morgan fingerprint density at radius 3 is 1.18 bits per heavy atom. The van der Waals surface area contributed by atoms with Crippen LogP contribution in [0.1, 0.15) is 34.6 Å². The second-order valence-electron chi connectivity index (χ2n) is 4.04. The second kappa shape index (κ2) is 4.30. The van der Waals surface area contributed by atoms with Gasteiger partial charge in [-0.15, -0.1) is 0 Å². The molecule has 0 heterocycles. The van der Waals surface area contributed by atoms with Gasteiger partial charge in [-0.1, -0.05) is 39.5 Å². The number of hydrogen-bond acceptors (Lipinski definition) is 0. The zero-order chi connectivity index (χ0) is 7.89. The van der Waals surface area contributed by atoms with Crippen LogP contribution in [0, 0.1) is 29.6 Å². The summed E-state index contributed by atoms with van der Waals surface area (Å²) in [6.07, 6.45) is 0. The van der Waals surface area contributed by atoms with Gasteiger partial charge in [0, 0.05) is 0 Å². The topological polar surface area (TPSA) is 0 Å². The van der Waals surface area contributed by atoms with Gasteiger partial charge in [-0.25, -0.2) is 0 Å². The van der Waals surface area contributed by atoms with Gasteiger partial charge in [0.2, 0.25) is 0 Å². The van der Waals surface area contributed by atoms with Crippen LogP contribution in [0.25, 0.3) is 0 Å². The average Bonchev–Trinajstić information content (AvgIpc) is 2.07. The number of rotatable bonds is 0. The van der Waals surface area contributed by atoms with Crippen molar-refractivity contribution in [2.75, 3.05) is 0 Å². The molecule has 0 saturated heterocycles. The first kappa shape index (κ1) is 12.0. The van der Waals surface area contributed by atoms with Crippen LogP contribution in [0.2, 0.25) is 0 Å². The molecule has 0 nitrogen and oxygen atoms in total. The standard InChI is InChI=1S/C10H19.Na/c1-6-7(2)9(4)10(5)8(6)3;/h6-9H,1-5H3;/q-1;+1. The minimum absolute atomic E-state index is 0. The van der Waals surface area contributed by atoms with Gasteiger partial charge in [-0.3, -0.25) is 0 Å². The van der Waals surface area contributed by atoms with Crippen LogP contribution in [-0.2, 0) is 0 Å². The molecule has 0 bridgehead atoms. The van der Waals surface area contributed by atoms with Crippen molar-refractivity contribution in [1.29, 1.82) is 0 Å². The van der Waals surface area contributed by atoms with Gasteiger partial charge in [0.05, 0.1) is 0 Å². The van der Waals surface area contributed by atoms with E-state index in [0.717, 1.165) is 23.7 Å². The molecule has 0 aromatic rings. The Morgan fingerprint density at radius 1 is 0.818 bits per heavy atom. The summed E-state index contributed by atoms with van der Waals surface area (Å²) >= 11 is 0. The fourth-order valence-electron chi connectivity index (χ4n) is 2.15. The van der Waals surface area contributed by atoms with E-state index in [-0.39, 0.29) is 29.6 Å². The molecular formula is C10H19Na. The van der Waals surface area contributed by atoms with E-state index in [4.69, 9.17) is 0 Å². The fourth-order valence-corrected chi connectivity index (χ4v) is 2.15. The van der Waals surface area contributed by atoms with E-state index >= 15 is 0 Å². The Morgan fingerprint density at radius 2 is 1.09 bits per heavy atom. The van der Waals surface area contributed by atoms with Gasteiger partial charge in [0.25, 0.3) is 0 Å².